The Morgan fingerprint density at radius 3 is 2.63 bits per heavy atom. The molecule has 0 saturated heterocycles. The molecule has 0 radical (unpaired) electrons. The van der Waals surface area contributed by atoms with Crippen molar-refractivity contribution < 1.29 is 4.74 Å². The molecule has 1 unspecified atom stereocenters. The SMILES string of the molecule is CNc1c(/C(=N\CNc2ccc(C#N)cc2)OC2=C(C)C=C(c3ccncc3)CC2C)ncn1C. The summed E-state index contributed by atoms with van der Waals surface area (Å²) in [5.41, 5.74) is 5.63. The van der Waals surface area contributed by atoms with E-state index in [4.69, 9.17) is 15.0 Å². The number of imidazole rings is 1. The number of aryl methyl sites for hydroxylation is 1. The first-order chi connectivity index (χ1) is 17.0. The van der Waals surface area contributed by atoms with E-state index in [-0.39, 0.29) is 5.92 Å². The van der Waals surface area contributed by atoms with Crippen molar-refractivity contribution in [1.82, 2.24) is 14.5 Å². The van der Waals surface area contributed by atoms with E-state index >= 15 is 0 Å². The highest BCUT2D eigenvalue weighted by Gasteiger charge is 2.25. The minimum Gasteiger partial charge on any atom is -0.441 e. The maximum atomic E-state index is 9.00. The molecule has 4 rings (SSSR count). The zero-order chi connectivity index (χ0) is 24.8. The zero-order valence-electron chi connectivity index (χ0n) is 20.4. The number of ether oxygens (including phenoxy) is 1. The summed E-state index contributed by atoms with van der Waals surface area (Å²) in [5.74, 6) is 2.31. The average Bonchev–Trinajstić information content (AvgIpc) is 3.26. The maximum Gasteiger partial charge on any atom is 0.246 e. The summed E-state index contributed by atoms with van der Waals surface area (Å²) in [7, 11) is 3.77. The second-order valence-electron chi connectivity index (χ2n) is 8.45. The monoisotopic (exact) mass is 467 g/mol. The van der Waals surface area contributed by atoms with Crippen molar-refractivity contribution in [3.8, 4) is 6.07 Å². The fourth-order valence-corrected chi connectivity index (χ4v) is 4.16. The number of aliphatic imine (C=N–C) groups is 1. The fraction of sp³-hybridized carbons (Fsp3) is 0.259. The van der Waals surface area contributed by atoms with Crippen molar-refractivity contribution >= 4 is 23.0 Å². The van der Waals surface area contributed by atoms with Crippen LogP contribution in [-0.2, 0) is 11.8 Å². The summed E-state index contributed by atoms with van der Waals surface area (Å²) in [6, 6.07) is 13.4. The first-order valence-corrected chi connectivity index (χ1v) is 11.5. The van der Waals surface area contributed by atoms with Gasteiger partial charge in [0.05, 0.1) is 18.0 Å². The van der Waals surface area contributed by atoms with Gasteiger partial charge in [-0.25, -0.2) is 9.98 Å². The lowest BCUT2D eigenvalue weighted by molar-refractivity contribution is 0.341. The van der Waals surface area contributed by atoms with E-state index in [1.807, 2.05) is 55.3 Å². The third kappa shape index (κ3) is 5.41. The van der Waals surface area contributed by atoms with Crippen LogP contribution in [0.2, 0.25) is 0 Å². The minimum atomic E-state index is 0.168. The van der Waals surface area contributed by atoms with Gasteiger partial charge in [-0.05, 0) is 66.5 Å². The molecule has 178 valence electrons. The van der Waals surface area contributed by atoms with Crippen LogP contribution in [0.5, 0.6) is 0 Å². The Balaban J connectivity index is 1.62. The Hall–Kier alpha value is -4.38. The van der Waals surface area contributed by atoms with Gasteiger partial charge in [0.2, 0.25) is 5.90 Å². The molecule has 0 spiro atoms. The number of benzene rings is 1. The molecule has 1 aromatic carbocycles. The summed E-state index contributed by atoms with van der Waals surface area (Å²) in [5, 5.41) is 15.5. The maximum absolute atomic E-state index is 9.00. The Kier molecular flexibility index (Phi) is 7.27. The Morgan fingerprint density at radius 2 is 1.97 bits per heavy atom. The first kappa shape index (κ1) is 23.8. The average molecular weight is 468 g/mol. The molecule has 3 aromatic rings. The smallest absolute Gasteiger partial charge is 0.246 e. The lowest BCUT2D eigenvalue weighted by Gasteiger charge is -2.25. The van der Waals surface area contributed by atoms with Crippen LogP contribution in [-0.4, -0.2) is 34.1 Å². The van der Waals surface area contributed by atoms with Gasteiger partial charge in [0.1, 0.15) is 18.2 Å². The molecule has 1 aliphatic carbocycles. The third-order valence-corrected chi connectivity index (χ3v) is 5.91. The first-order valence-electron chi connectivity index (χ1n) is 11.5. The second kappa shape index (κ2) is 10.7. The summed E-state index contributed by atoms with van der Waals surface area (Å²) in [6.07, 6.45) is 8.40. The van der Waals surface area contributed by atoms with Crippen LogP contribution >= 0.6 is 0 Å². The van der Waals surface area contributed by atoms with Gasteiger partial charge in [-0.1, -0.05) is 13.0 Å². The van der Waals surface area contributed by atoms with Gasteiger partial charge in [0.15, 0.2) is 5.69 Å². The molecule has 2 N–H and O–H groups in total. The molecule has 8 nitrogen and oxygen atoms in total. The number of hydrogen-bond acceptors (Lipinski definition) is 7. The number of pyridine rings is 1. The molecule has 1 aliphatic rings. The molecule has 0 saturated carbocycles. The Bertz CT molecular complexity index is 1310. The molecule has 2 aromatic heterocycles. The molecule has 0 bridgehead atoms. The van der Waals surface area contributed by atoms with E-state index in [1.165, 1.54) is 11.1 Å². The minimum absolute atomic E-state index is 0.168. The lowest BCUT2D eigenvalue weighted by Crippen LogP contribution is -2.18. The number of nitrogens with one attached hydrogen (secondary N) is 2. The summed E-state index contributed by atoms with van der Waals surface area (Å²) < 4.78 is 8.39. The van der Waals surface area contributed by atoms with Crippen molar-refractivity contribution in [1.29, 1.82) is 5.26 Å². The van der Waals surface area contributed by atoms with Crippen LogP contribution in [0.4, 0.5) is 11.5 Å². The van der Waals surface area contributed by atoms with E-state index in [2.05, 4.69) is 46.6 Å². The Labute approximate surface area is 205 Å². The number of nitrogens with zero attached hydrogens (tertiary/aromatic N) is 5. The molecular formula is C27H29N7O. The highest BCUT2D eigenvalue weighted by Crippen LogP contribution is 2.35. The normalized spacial score (nSPS) is 15.9. The summed E-state index contributed by atoms with van der Waals surface area (Å²) in [6.45, 7) is 4.52. The predicted molar refractivity (Wildman–Crippen MR) is 139 cm³/mol. The van der Waals surface area contributed by atoms with E-state index in [9.17, 15) is 0 Å². The molecule has 2 heterocycles. The molecular weight excluding hydrogens is 438 g/mol. The van der Waals surface area contributed by atoms with Gasteiger partial charge in [-0.15, -0.1) is 0 Å². The number of nitriles is 1. The lowest BCUT2D eigenvalue weighted by atomic mass is 9.87. The molecule has 1 atom stereocenters. The van der Waals surface area contributed by atoms with Crippen LogP contribution in [0.25, 0.3) is 5.57 Å². The van der Waals surface area contributed by atoms with Crippen molar-refractivity contribution in [2.75, 3.05) is 24.3 Å². The molecule has 8 heteroatoms. The number of allylic oxidation sites excluding steroid dienone is 4. The molecule has 35 heavy (non-hydrogen) atoms. The van der Waals surface area contributed by atoms with Crippen LogP contribution in [0.1, 0.15) is 37.1 Å². The molecule has 0 fully saturated rings. The highest BCUT2D eigenvalue weighted by atomic mass is 16.5. The van der Waals surface area contributed by atoms with Gasteiger partial charge in [-0.2, -0.15) is 5.26 Å². The van der Waals surface area contributed by atoms with Gasteiger partial charge in [0, 0.05) is 38.1 Å². The summed E-state index contributed by atoms with van der Waals surface area (Å²) >= 11 is 0. The van der Waals surface area contributed by atoms with Crippen molar-refractivity contribution in [3.05, 3.63) is 89.3 Å². The standard InChI is InChI=1S/C27H29N7O/c1-18-13-22(21-9-11-30-12-10-21)14-19(2)25(18)35-27(24-26(29-3)34(4)17-33-24)32-16-31-23-7-5-20(15-28)6-8-23/h5-13,17,19,29,31H,14,16H2,1-4H3/b32-27+. The Morgan fingerprint density at radius 1 is 1.23 bits per heavy atom. The largest absolute Gasteiger partial charge is 0.441 e. The van der Waals surface area contributed by atoms with Crippen LogP contribution in [0.3, 0.4) is 0 Å². The molecule has 0 amide bonds. The van der Waals surface area contributed by atoms with Crippen LogP contribution < -0.4 is 10.6 Å². The number of aromatic nitrogens is 3. The van der Waals surface area contributed by atoms with Crippen LogP contribution in [0, 0.1) is 17.2 Å². The van der Waals surface area contributed by atoms with Gasteiger partial charge in [-0.3, -0.25) is 4.98 Å². The van der Waals surface area contributed by atoms with Gasteiger partial charge >= 0.3 is 0 Å². The number of rotatable bonds is 7. The van der Waals surface area contributed by atoms with E-state index < -0.39 is 0 Å². The van der Waals surface area contributed by atoms with Crippen molar-refractivity contribution in [3.63, 3.8) is 0 Å². The highest BCUT2D eigenvalue weighted by molar-refractivity contribution is 5.97. The topological polar surface area (TPSA) is 100 Å². The van der Waals surface area contributed by atoms with Gasteiger partial charge in [0.25, 0.3) is 0 Å². The van der Waals surface area contributed by atoms with E-state index in [0.717, 1.165) is 29.3 Å². The molecule has 0 aliphatic heterocycles. The van der Waals surface area contributed by atoms with Crippen LogP contribution in [0.15, 0.2) is 77.5 Å². The third-order valence-electron chi connectivity index (χ3n) is 5.91. The van der Waals surface area contributed by atoms with Crippen molar-refractivity contribution in [2.24, 2.45) is 18.0 Å². The second-order valence-corrected chi connectivity index (χ2v) is 8.45. The number of hydrogen-bond donors (Lipinski definition) is 2. The van der Waals surface area contributed by atoms with Gasteiger partial charge < -0.3 is 19.9 Å². The quantitative estimate of drug-likeness (QED) is 0.376. The van der Waals surface area contributed by atoms with E-state index in [0.29, 0.717) is 23.8 Å². The fourth-order valence-electron chi connectivity index (χ4n) is 4.16. The predicted octanol–water partition coefficient (Wildman–Crippen LogP) is 4.96. The van der Waals surface area contributed by atoms with Crippen molar-refractivity contribution in [2.45, 2.75) is 20.3 Å². The van der Waals surface area contributed by atoms with E-state index in [1.54, 1.807) is 18.5 Å². The zero-order valence-corrected chi connectivity index (χ0v) is 20.4. The summed E-state index contributed by atoms with van der Waals surface area (Å²) in [4.78, 5) is 13.4. The number of anilines is 2.